The van der Waals surface area contributed by atoms with Gasteiger partial charge in [0, 0.05) is 44.2 Å². The smallest absolute Gasteiger partial charge is 0.191 e. The van der Waals surface area contributed by atoms with E-state index in [2.05, 4.69) is 40.8 Å². The SMILES string of the molecule is CCc1nn(C)c(CC)c1CNC(=NC)NCCSC.I. The monoisotopic (exact) mass is 425 g/mol. The second-order valence-electron chi connectivity index (χ2n) is 4.55. The molecular weight excluding hydrogens is 397 g/mol. The van der Waals surface area contributed by atoms with Crippen molar-refractivity contribution in [1.29, 1.82) is 0 Å². The Morgan fingerprint density at radius 3 is 2.52 bits per heavy atom. The van der Waals surface area contributed by atoms with Crippen molar-refractivity contribution in [3.8, 4) is 0 Å². The van der Waals surface area contributed by atoms with Crippen LogP contribution in [0.1, 0.15) is 30.8 Å². The van der Waals surface area contributed by atoms with E-state index in [4.69, 9.17) is 0 Å². The quantitative estimate of drug-likeness (QED) is 0.305. The molecule has 0 aliphatic heterocycles. The average molecular weight is 425 g/mol. The lowest BCUT2D eigenvalue weighted by Crippen LogP contribution is -2.38. The molecule has 0 radical (unpaired) electrons. The largest absolute Gasteiger partial charge is 0.356 e. The van der Waals surface area contributed by atoms with Crippen LogP contribution in [0.2, 0.25) is 0 Å². The maximum Gasteiger partial charge on any atom is 0.191 e. The van der Waals surface area contributed by atoms with Crippen molar-refractivity contribution in [3.05, 3.63) is 17.0 Å². The van der Waals surface area contributed by atoms with Gasteiger partial charge in [0.15, 0.2) is 5.96 Å². The van der Waals surface area contributed by atoms with Crippen LogP contribution in [0.4, 0.5) is 0 Å². The van der Waals surface area contributed by atoms with Crippen LogP contribution >= 0.6 is 35.7 Å². The minimum atomic E-state index is 0. The molecule has 0 saturated carbocycles. The normalized spacial score (nSPS) is 11.2. The van der Waals surface area contributed by atoms with Gasteiger partial charge in [-0.05, 0) is 19.1 Å². The molecule has 21 heavy (non-hydrogen) atoms. The molecule has 0 saturated heterocycles. The Labute approximate surface area is 149 Å². The number of hydrogen-bond donors (Lipinski definition) is 2. The van der Waals surface area contributed by atoms with Crippen LogP contribution in [0.25, 0.3) is 0 Å². The van der Waals surface area contributed by atoms with Crippen LogP contribution in [0.15, 0.2) is 4.99 Å². The second-order valence-corrected chi connectivity index (χ2v) is 5.53. The van der Waals surface area contributed by atoms with E-state index < -0.39 is 0 Å². The number of guanidine groups is 1. The number of aliphatic imine (C=N–C) groups is 1. The summed E-state index contributed by atoms with van der Waals surface area (Å²) < 4.78 is 2.00. The lowest BCUT2D eigenvalue weighted by Gasteiger charge is -2.12. The van der Waals surface area contributed by atoms with Crippen molar-refractivity contribution in [2.24, 2.45) is 12.0 Å². The van der Waals surface area contributed by atoms with E-state index in [0.29, 0.717) is 0 Å². The zero-order valence-corrected chi connectivity index (χ0v) is 16.8. The predicted octanol–water partition coefficient (Wildman–Crippen LogP) is 2.19. The van der Waals surface area contributed by atoms with Gasteiger partial charge in [-0.2, -0.15) is 16.9 Å². The fraction of sp³-hybridized carbons (Fsp3) is 0.714. The van der Waals surface area contributed by atoms with Gasteiger partial charge in [0.2, 0.25) is 0 Å². The van der Waals surface area contributed by atoms with Crippen LogP contribution in [0.3, 0.4) is 0 Å². The molecule has 0 aliphatic rings. The van der Waals surface area contributed by atoms with E-state index in [9.17, 15) is 0 Å². The molecule has 0 bridgehead atoms. The number of halogens is 1. The highest BCUT2D eigenvalue weighted by Gasteiger charge is 2.13. The molecule has 5 nitrogen and oxygen atoms in total. The third kappa shape index (κ3) is 6.06. The number of nitrogens with zero attached hydrogens (tertiary/aromatic N) is 3. The molecule has 1 rings (SSSR count). The number of aromatic nitrogens is 2. The minimum Gasteiger partial charge on any atom is -0.356 e. The number of aryl methyl sites for hydroxylation is 2. The molecule has 1 aromatic heterocycles. The predicted molar refractivity (Wildman–Crippen MR) is 104 cm³/mol. The number of hydrogen-bond acceptors (Lipinski definition) is 3. The van der Waals surface area contributed by atoms with Crippen LogP contribution in [0.5, 0.6) is 0 Å². The maximum atomic E-state index is 4.59. The van der Waals surface area contributed by atoms with Gasteiger partial charge < -0.3 is 10.6 Å². The standard InChI is InChI=1S/C14H27N5S.HI/c1-6-12-11(13(7-2)19(4)18-12)10-17-14(15-3)16-8-9-20-5;/h6-10H2,1-5H3,(H2,15,16,17);1H. The third-order valence-electron chi connectivity index (χ3n) is 3.28. The number of rotatable bonds is 7. The summed E-state index contributed by atoms with van der Waals surface area (Å²) in [7, 11) is 3.83. The van der Waals surface area contributed by atoms with Crippen molar-refractivity contribution in [1.82, 2.24) is 20.4 Å². The molecule has 2 N–H and O–H groups in total. The fourth-order valence-electron chi connectivity index (χ4n) is 2.26. The summed E-state index contributed by atoms with van der Waals surface area (Å²) in [6, 6.07) is 0. The molecule has 0 aromatic carbocycles. The summed E-state index contributed by atoms with van der Waals surface area (Å²) in [5, 5.41) is 11.3. The zero-order valence-electron chi connectivity index (χ0n) is 13.7. The van der Waals surface area contributed by atoms with Crippen molar-refractivity contribution in [2.45, 2.75) is 33.2 Å². The van der Waals surface area contributed by atoms with Crippen LogP contribution in [0, 0.1) is 0 Å². The fourth-order valence-corrected chi connectivity index (χ4v) is 2.56. The highest BCUT2D eigenvalue weighted by Crippen LogP contribution is 2.15. The van der Waals surface area contributed by atoms with E-state index >= 15 is 0 Å². The third-order valence-corrected chi connectivity index (χ3v) is 3.90. The van der Waals surface area contributed by atoms with Crippen molar-refractivity contribution < 1.29 is 0 Å². The molecule has 0 spiro atoms. The molecule has 1 heterocycles. The first-order valence-electron chi connectivity index (χ1n) is 7.14. The number of thioether (sulfide) groups is 1. The van der Waals surface area contributed by atoms with E-state index in [0.717, 1.165) is 37.6 Å². The summed E-state index contributed by atoms with van der Waals surface area (Å²) in [5.41, 5.74) is 3.79. The summed E-state index contributed by atoms with van der Waals surface area (Å²) in [6.07, 6.45) is 4.07. The zero-order chi connectivity index (χ0) is 15.0. The van der Waals surface area contributed by atoms with E-state index in [1.807, 2.05) is 23.5 Å². The van der Waals surface area contributed by atoms with E-state index in [1.165, 1.54) is 17.0 Å². The number of nitrogens with one attached hydrogen (secondary N) is 2. The molecule has 0 fully saturated rings. The molecule has 0 atom stereocenters. The van der Waals surface area contributed by atoms with E-state index in [-0.39, 0.29) is 24.0 Å². The Morgan fingerprint density at radius 2 is 2.00 bits per heavy atom. The molecule has 0 amide bonds. The highest BCUT2D eigenvalue weighted by atomic mass is 127. The molecule has 1 aromatic rings. The van der Waals surface area contributed by atoms with Gasteiger partial charge in [-0.3, -0.25) is 9.67 Å². The maximum absolute atomic E-state index is 4.59. The first-order valence-corrected chi connectivity index (χ1v) is 8.54. The summed E-state index contributed by atoms with van der Waals surface area (Å²) in [4.78, 5) is 4.25. The van der Waals surface area contributed by atoms with Gasteiger partial charge in [0.05, 0.1) is 5.69 Å². The van der Waals surface area contributed by atoms with Gasteiger partial charge in [0.25, 0.3) is 0 Å². The van der Waals surface area contributed by atoms with Crippen molar-refractivity contribution in [2.75, 3.05) is 25.6 Å². The Morgan fingerprint density at radius 1 is 1.29 bits per heavy atom. The van der Waals surface area contributed by atoms with Crippen molar-refractivity contribution >= 4 is 41.7 Å². The van der Waals surface area contributed by atoms with E-state index in [1.54, 1.807) is 7.05 Å². The summed E-state index contributed by atoms with van der Waals surface area (Å²) in [6.45, 7) is 6.02. The van der Waals surface area contributed by atoms with Gasteiger partial charge >= 0.3 is 0 Å². The van der Waals surface area contributed by atoms with Gasteiger partial charge in [-0.25, -0.2) is 0 Å². The molecule has 0 aliphatic carbocycles. The molecule has 122 valence electrons. The van der Waals surface area contributed by atoms with Gasteiger partial charge in [0.1, 0.15) is 0 Å². The topological polar surface area (TPSA) is 54.2 Å². The lowest BCUT2D eigenvalue weighted by molar-refractivity contribution is 0.702. The Hall–Kier alpha value is -0.440. The summed E-state index contributed by atoms with van der Waals surface area (Å²) in [5.74, 6) is 1.93. The lowest BCUT2D eigenvalue weighted by atomic mass is 10.1. The highest BCUT2D eigenvalue weighted by molar-refractivity contribution is 14.0. The van der Waals surface area contributed by atoms with Gasteiger partial charge in [-0.15, -0.1) is 24.0 Å². The average Bonchev–Trinajstić information content (AvgIpc) is 2.77. The Balaban J connectivity index is 0.00000400. The first kappa shape index (κ1) is 20.6. The molecule has 0 unspecified atom stereocenters. The Kier molecular flexibility index (Phi) is 10.9. The van der Waals surface area contributed by atoms with Crippen molar-refractivity contribution in [3.63, 3.8) is 0 Å². The molecular formula is C14H28IN5S. The summed E-state index contributed by atoms with van der Waals surface area (Å²) >= 11 is 1.83. The van der Waals surface area contributed by atoms with Crippen LogP contribution in [-0.4, -0.2) is 41.3 Å². The van der Waals surface area contributed by atoms with Crippen LogP contribution in [-0.2, 0) is 26.4 Å². The van der Waals surface area contributed by atoms with Crippen LogP contribution < -0.4 is 10.6 Å². The minimum absolute atomic E-state index is 0. The molecule has 7 heteroatoms. The Bertz CT molecular complexity index is 445. The second kappa shape index (κ2) is 11.2. The van der Waals surface area contributed by atoms with Gasteiger partial charge in [-0.1, -0.05) is 13.8 Å². The first-order chi connectivity index (χ1) is 9.67.